The van der Waals surface area contributed by atoms with Crippen LogP contribution in [-0.2, 0) is 12.8 Å². The van der Waals surface area contributed by atoms with E-state index in [1.54, 1.807) is 4.52 Å². The molecule has 0 saturated carbocycles. The molecule has 0 aliphatic rings. The summed E-state index contributed by atoms with van der Waals surface area (Å²) in [4.78, 5) is 26.0. The highest BCUT2D eigenvalue weighted by atomic mass is 16.1. The second-order valence-corrected chi connectivity index (χ2v) is 9.30. The molecule has 0 aliphatic carbocycles. The Morgan fingerprint density at radius 1 is 1.06 bits per heavy atom. The zero-order valence-electron chi connectivity index (χ0n) is 22.1. The van der Waals surface area contributed by atoms with E-state index in [0.717, 1.165) is 90.4 Å². The van der Waals surface area contributed by atoms with Crippen molar-refractivity contribution < 1.29 is 0 Å². The van der Waals surface area contributed by atoms with E-state index in [9.17, 15) is 4.79 Å². The van der Waals surface area contributed by atoms with Crippen LogP contribution in [0.25, 0.3) is 11.2 Å². The van der Waals surface area contributed by atoms with Crippen molar-refractivity contribution in [2.45, 2.75) is 87.0 Å². The number of benzene rings is 1. The summed E-state index contributed by atoms with van der Waals surface area (Å²) in [6, 6.07) is 6.40. The molecule has 184 valence electrons. The highest BCUT2D eigenvalue weighted by molar-refractivity contribution is 5.58. The number of H-pyrrole nitrogens is 1. The lowest BCUT2D eigenvalue weighted by molar-refractivity contribution is 0.718. The normalized spacial score (nSPS) is 12.0. The molecule has 3 rings (SSSR count). The largest absolute Gasteiger partial charge is 0.372 e. The number of hydrogen-bond acceptors (Lipinski definition) is 4. The average Bonchev–Trinajstić information content (AvgIpc) is 3.18. The number of hydrogen-bond donors (Lipinski definition) is 1. The molecule has 1 N–H and O–H groups in total. The van der Waals surface area contributed by atoms with Gasteiger partial charge in [0, 0.05) is 24.3 Å². The fraction of sp³-hybridized carbons (Fsp3) is 0.536. The van der Waals surface area contributed by atoms with E-state index in [4.69, 9.17) is 9.98 Å². The monoisotopic (exact) mass is 463 g/mol. The molecule has 3 aromatic rings. The third-order valence-electron chi connectivity index (χ3n) is 6.52. The summed E-state index contributed by atoms with van der Waals surface area (Å²) in [6.45, 7) is 16.8. The molecule has 0 atom stereocenters. The van der Waals surface area contributed by atoms with E-state index in [1.807, 2.05) is 13.8 Å². The number of aromatic nitrogens is 3. The topological polar surface area (TPSA) is 65.8 Å². The van der Waals surface area contributed by atoms with Crippen LogP contribution in [0.4, 0.5) is 11.4 Å². The van der Waals surface area contributed by atoms with E-state index in [0.29, 0.717) is 5.65 Å². The van der Waals surface area contributed by atoms with Gasteiger partial charge in [-0.15, -0.1) is 0 Å². The van der Waals surface area contributed by atoms with Crippen molar-refractivity contribution in [3.05, 3.63) is 56.1 Å². The Morgan fingerprint density at radius 3 is 2.32 bits per heavy atom. The lowest BCUT2D eigenvalue weighted by atomic mass is 10.0. The highest BCUT2D eigenvalue weighted by Crippen LogP contribution is 2.24. The number of aryl methyl sites for hydroxylation is 2. The number of rotatable bonds is 10. The fourth-order valence-corrected chi connectivity index (χ4v) is 4.42. The summed E-state index contributed by atoms with van der Waals surface area (Å²) in [5.41, 5.74) is 6.71. The van der Waals surface area contributed by atoms with Gasteiger partial charge in [0.15, 0.2) is 5.65 Å². The summed E-state index contributed by atoms with van der Waals surface area (Å²) >= 11 is 0. The Kier molecular flexibility index (Phi) is 8.70. The molecule has 34 heavy (non-hydrogen) atoms. The smallest absolute Gasteiger partial charge is 0.276 e. The van der Waals surface area contributed by atoms with Crippen molar-refractivity contribution in [3.8, 4) is 0 Å². The molecule has 6 heteroatoms. The van der Waals surface area contributed by atoms with Gasteiger partial charge in [0.1, 0.15) is 5.36 Å². The first-order valence-corrected chi connectivity index (χ1v) is 12.9. The SMILES string of the molecule is CCCCc1nc2c(=Nc3ccc(N(CC)CC)cc3C)c(=C(C)C)[nH]n2c(=O)c1CCCC. The number of nitrogens with one attached hydrogen (secondary N) is 1. The predicted molar refractivity (Wildman–Crippen MR) is 143 cm³/mol. The van der Waals surface area contributed by atoms with Crippen LogP contribution in [0.5, 0.6) is 0 Å². The zero-order chi connectivity index (χ0) is 24.8. The zero-order valence-corrected chi connectivity index (χ0v) is 22.1. The van der Waals surface area contributed by atoms with Crippen molar-refractivity contribution >= 4 is 22.6 Å². The van der Waals surface area contributed by atoms with Gasteiger partial charge in [-0.1, -0.05) is 26.7 Å². The first-order chi connectivity index (χ1) is 16.4. The number of unbranched alkanes of at least 4 members (excludes halogenated alkanes) is 2. The van der Waals surface area contributed by atoms with E-state index in [1.165, 1.54) is 5.69 Å². The molecular formula is C28H41N5O. The average molecular weight is 464 g/mol. The van der Waals surface area contributed by atoms with Crippen molar-refractivity contribution in [1.82, 2.24) is 14.6 Å². The van der Waals surface area contributed by atoms with Gasteiger partial charge >= 0.3 is 0 Å². The summed E-state index contributed by atoms with van der Waals surface area (Å²) in [6.07, 6.45) is 5.74. The summed E-state index contributed by atoms with van der Waals surface area (Å²) in [5, 5.41) is 4.93. The van der Waals surface area contributed by atoms with E-state index in [2.05, 4.69) is 62.8 Å². The molecule has 0 unspecified atom stereocenters. The predicted octanol–water partition coefficient (Wildman–Crippen LogP) is 5.00. The molecule has 6 nitrogen and oxygen atoms in total. The van der Waals surface area contributed by atoms with Crippen molar-refractivity contribution in [3.63, 3.8) is 0 Å². The van der Waals surface area contributed by atoms with Gasteiger partial charge in [-0.05, 0) is 89.6 Å². The molecule has 0 saturated heterocycles. The van der Waals surface area contributed by atoms with Crippen LogP contribution in [0.15, 0.2) is 28.0 Å². The number of nitrogens with zero attached hydrogens (tertiary/aromatic N) is 4. The molecule has 2 aromatic heterocycles. The summed E-state index contributed by atoms with van der Waals surface area (Å²) in [5.74, 6) is 0. The minimum absolute atomic E-state index is 0.0158. The quantitative estimate of drug-likeness (QED) is 0.460. The maximum Gasteiger partial charge on any atom is 0.276 e. The Balaban J connectivity index is 2.29. The van der Waals surface area contributed by atoms with E-state index >= 15 is 0 Å². The standard InChI is InChI=1S/C28H41N5O/c1-8-12-14-22-24(15-13-9-2)30-27-26(25(19(5)6)31-33(27)28(22)34)29-23-17-16-21(18-20(23)7)32(10-3)11-4/h16-18,31H,8-15H2,1-7H3. The second-order valence-electron chi connectivity index (χ2n) is 9.30. The summed E-state index contributed by atoms with van der Waals surface area (Å²) in [7, 11) is 0. The fourth-order valence-electron chi connectivity index (χ4n) is 4.42. The Labute approximate surface area is 203 Å². The van der Waals surface area contributed by atoms with E-state index in [-0.39, 0.29) is 5.56 Å². The molecule has 0 spiro atoms. The van der Waals surface area contributed by atoms with Gasteiger partial charge in [-0.2, -0.15) is 4.52 Å². The van der Waals surface area contributed by atoms with Crippen LogP contribution < -0.4 is 21.2 Å². The van der Waals surface area contributed by atoms with Crippen LogP contribution in [-0.4, -0.2) is 27.7 Å². The van der Waals surface area contributed by atoms with Crippen LogP contribution in [0.1, 0.15) is 84.0 Å². The van der Waals surface area contributed by atoms with Crippen molar-refractivity contribution in [2.24, 2.45) is 4.99 Å². The Hall–Kier alpha value is -2.89. The third kappa shape index (κ3) is 5.26. The van der Waals surface area contributed by atoms with Gasteiger partial charge < -0.3 is 4.90 Å². The van der Waals surface area contributed by atoms with Crippen LogP contribution in [0.2, 0.25) is 0 Å². The maximum absolute atomic E-state index is 13.5. The van der Waals surface area contributed by atoms with Gasteiger partial charge in [-0.25, -0.2) is 9.98 Å². The third-order valence-corrected chi connectivity index (χ3v) is 6.52. The molecule has 0 fully saturated rings. The van der Waals surface area contributed by atoms with Crippen molar-refractivity contribution in [1.29, 1.82) is 0 Å². The van der Waals surface area contributed by atoms with E-state index < -0.39 is 0 Å². The van der Waals surface area contributed by atoms with Gasteiger partial charge in [0.2, 0.25) is 0 Å². The maximum atomic E-state index is 13.5. The number of fused-ring (bicyclic) bond motifs is 1. The van der Waals surface area contributed by atoms with Crippen LogP contribution >= 0.6 is 0 Å². The number of aromatic amines is 1. The molecular weight excluding hydrogens is 422 g/mol. The molecule has 1 aromatic carbocycles. The second kappa shape index (κ2) is 11.5. The van der Waals surface area contributed by atoms with Crippen molar-refractivity contribution in [2.75, 3.05) is 18.0 Å². The first-order valence-electron chi connectivity index (χ1n) is 12.9. The number of anilines is 1. The van der Waals surface area contributed by atoms with Gasteiger partial charge in [0.25, 0.3) is 5.56 Å². The Bertz CT molecular complexity index is 1310. The molecule has 0 amide bonds. The van der Waals surface area contributed by atoms with Crippen LogP contribution in [0, 0.1) is 6.92 Å². The highest BCUT2D eigenvalue weighted by Gasteiger charge is 2.16. The minimum Gasteiger partial charge on any atom is -0.372 e. The molecule has 0 bridgehead atoms. The molecule has 0 aliphatic heterocycles. The van der Waals surface area contributed by atoms with Crippen LogP contribution in [0.3, 0.4) is 0 Å². The lowest BCUT2D eigenvalue weighted by Gasteiger charge is -2.21. The first kappa shape index (κ1) is 25.7. The van der Waals surface area contributed by atoms with Gasteiger partial charge in [0.05, 0.1) is 16.7 Å². The molecule has 2 heterocycles. The lowest BCUT2D eigenvalue weighted by Crippen LogP contribution is -2.25. The molecule has 0 radical (unpaired) electrons. The minimum atomic E-state index is 0.0158. The van der Waals surface area contributed by atoms with Gasteiger partial charge in [-0.3, -0.25) is 9.89 Å². The summed E-state index contributed by atoms with van der Waals surface area (Å²) < 4.78 is 1.61. The Morgan fingerprint density at radius 2 is 1.74 bits per heavy atom.